The van der Waals surface area contributed by atoms with E-state index in [0.717, 1.165) is 5.56 Å². The highest BCUT2D eigenvalue weighted by Crippen LogP contribution is 2.24. The molecule has 18 heavy (non-hydrogen) atoms. The maximum atomic E-state index is 11.8. The van der Waals surface area contributed by atoms with Crippen molar-refractivity contribution in [3.8, 4) is 11.6 Å². The van der Waals surface area contributed by atoms with E-state index in [9.17, 15) is 4.79 Å². The first-order chi connectivity index (χ1) is 8.72. The molecule has 0 saturated heterocycles. The van der Waals surface area contributed by atoms with Crippen LogP contribution in [0.2, 0.25) is 0 Å². The van der Waals surface area contributed by atoms with E-state index in [1.54, 1.807) is 19.3 Å². The van der Waals surface area contributed by atoms with Gasteiger partial charge in [-0.15, -0.1) is 0 Å². The molecule has 0 unspecified atom stereocenters. The Morgan fingerprint density at radius 1 is 1.22 bits per heavy atom. The van der Waals surface area contributed by atoms with Crippen LogP contribution in [0.4, 0.5) is 0 Å². The van der Waals surface area contributed by atoms with Crippen molar-refractivity contribution in [1.82, 2.24) is 10.3 Å². The number of ether oxygens (including phenoxy) is 1. The first-order valence-corrected chi connectivity index (χ1v) is 5.63. The van der Waals surface area contributed by atoms with Gasteiger partial charge in [-0.2, -0.15) is 0 Å². The number of aryl methyl sites for hydroxylation is 1. The second kappa shape index (κ2) is 5.31. The van der Waals surface area contributed by atoms with Crippen molar-refractivity contribution >= 4 is 5.91 Å². The molecule has 0 aliphatic carbocycles. The van der Waals surface area contributed by atoms with E-state index in [2.05, 4.69) is 10.3 Å². The summed E-state index contributed by atoms with van der Waals surface area (Å²) in [7, 11) is 1.58. The molecule has 2 aromatic rings. The van der Waals surface area contributed by atoms with Crippen LogP contribution in [0.15, 0.2) is 42.6 Å². The van der Waals surface area contributed by atoms with E-state index in [1.807, 2.05) is 37.3 Å². The molecule has 0 aliphatic rings. The van der Waals surface area contributed by atoms with Crippen LogP contribution in [0.1, 0.15) is 15.9 Å². The summed E-state index contributed by atoms with van der Waals surface area (Å²) < 4.78 is 5.64. The van der Waals surface area contributed by atoms with Crippen LogP contribution in [0.25, 0.3) is 0 Å². The molecule has 0 radical (unpaired) electrons. The molecule has 4 heteroatoms. The highest BCUT2D eigenvalue weighted by molar-refractivity contribution is 5.97. The van der Waals surface area contributed by atoms with Gasteiger partial charge in [-0.1, -0.05) is 18.2 Å². The third-order valence-electron chi connectivity index (χ3n) is 2.54. The summed E-state index contributed by atoms with van der Waals surface area (Å²) in [6, 6.07) is 11.0. The van der Waals surface area contributed by atoms with Crippen LogP contribution in [0, 0.1) is 6.92 Å². The number of nitrogens with zero attached hydrogens (tertiary/aromatic N) is 1. The molecule has 0 atom stereocenters. The van der Waals surface area contributed by atoms with Gasteiger partial charge in [0.2, 0.25) is 5.88 Å². The van der Waals surface area contributed by atoms with Crippen molar-refractivity contribution in [2.24, 2.45) is 0 Å². The van der Waals surface area contributed by atoms with Crippen molar-refractivity contribution in [1.29, 1.82) is 0 Å². The molecule has 1 amide bonds. The monoisotopic (exact) mass is 242 g/mol. The molecule has 1 aromatic heterocycles. The standard InChI is InChI=1S/C14H14N2O2/c1-10-8-9-16-14(12(10)13(17)15-2)18-11-6-4-3-5-7-11/h3-9H,1-2H3,(H,15,17). The summed E-state index contributed by atoms with van der Waals surface area (Å²) in [5, 5.41) is 2.59. The molecule has 1 N–H and O–H groups in total. The van der Waals surface area contributed by atoms with Gasteiger partial charge in [0.25, 0.3) is 5.91 Å². The zero-order chi connectivity index (χ0) is 13.0. The van der Waals surface area contributed by atoms with Crippen molar-refractivity contribution in [2.45, 2.75) is 6.92 Å². The summed E-state index contributed by atoms with van der Waals surface area (Å²) in [6.07, 6.45) is 1.63. The van der Waals surface area contributed by atoms with Gasteiger partial charge in [-0.05, 0) is 30.7 Å². The molecule has 0 aliphatic heterocycles. The summed E-state index contributed by atoms with van der Waals surface area (Å²) in [5.41, 5.74) is 1.29. The minimum Gasteiger partial charge on any atom is -0.438 e. The summed E-state index contributed by atoms with van der Waals surface area (Å²) in [5.74, 6) is 0.771. The van der Waals surface area contributed by atoms with E-state index >= 15 is 0 Å². The predicted octanol–water partition coefficient (Wildman–Crippen LogP) is 2.54. The van der Waals surface area contributed by atoms with Gasteiger partial charge in [-0.25, -0.2) is 4.98 Å². The fourth-order valence-electron chi connectivity index (χ4n) is 1.61. The second-order valence-corrected chi connectivity index (χ2v) is 3.80. The molecular weight excluding hydrogens is 228 g/mol. The Balaban J connectivity index is 2.39. The zero-order valence-electron chi connectivity index (χ0n) is 10.3. The lowest BCUT2D eigenvalue weighted by molar-refractivity contribution is 0.0959. The number of benzene rings is 1. The fourth-order valence-corrected chi connectivity index (χ4v) is 1.61. The van der Waals surface area contributed by atoms with Crippen molar-refractivity contribution in [3.63, 3.8) is 0 Å². The molecule has 0 bridgehead atoms. The molecule has 92 valence electrons. The van der Waals surface area contributed by atoms with Gasteiger partial charge in [0, 0.05) is 13.2 Å². The normalized spacial score (nSPS) is 9.89. The quantitative estimate of drug-likeness (QED) is 0.899. The second-order valence-electron chi connectivity index (χ2n) is 3.80. The molecule has 1 aromatic carbocycles. The lowest BCUT2D eigenvalue weighted by atomic mass is 10.1. The SMILES string of the molecule is CNC(=O)c1c(C)ccnc1Oc1ccccc1. The number of aromatic nitrogens is 1. The van der Waals surface area contributed by atoms with Gasteiger partial charge in [-0.3, -0.25) is 4.79 Å². The minimum absolute atomic E-state index is 0.202. The highest BCUT2D eigenvalue weighted by atomic mass is 16.5. The predicted molar refractivity (Wildman–Crippen MR) is 68.9 cm³/mol. The Morgan fingerprint density at radius 3 is 2.61 bits per heavy atom. The molecule has 0 spiro atoms. The van der Waals surface area contributed by atoms with Gasteiger partial charge >= 0.3 is 0 Å². The molecule has 0 saturated carbocycles. The largest absolute Gasteiger partial charge is 0.438 e. The van der Waals surface area contributed by atoms with Crippen LogP contribution in [-0.2, 0) is 0 Å². The number of carbonyl (C=O) groups excluding carboxylic acids is 1. The minimum atomic E-state index is -0.202. The van der Waals surface area contributed by atoms with Gasteiger partial charge < -0.3 is 10.1 Å². The molecule has 4 nitrogen and oxygen atoms in total. The maximum Gasteiger partial charge on any atom is 0.256 e. The average molecular weight is 242 g/mol. The van der Waals surface area contributed by atoms with Crippen molar-refractivity contribution in [2.75, 3.05) is 7.05 Å². The number of pyridine rings is 1. The summed E-state index contributed by atoms with van der Waals surface area (Å²) >= 11 is 0. The van der Waals surface area contributed by atoms with Crippen LogP contribution < -0.4 is 10.1 Å². The first kappa shape index (κ1) is 12.1. The van der Waals surface area contributed by atoms with E-state index in [-0.39, 0.29) is 5.91 Å². The van der Waals surface area contributed by atoms with Crippen LogP contribution >= 0.6 is 0 Å². The number of carbonyl (C=O) groups is 1. The topological polar surface area (TPSA) is 51.2 Å². The van der Waals surface area contributed by atoms with E-state index < -0.39 is 0 Å². The van der Waals surface area contributed by atoms with E-state index in [1.165, 1.54) is 0 Å². The van der Waals surface area contributed by atoms with Crippen molar-refractivity contribution < 1.29 is 9.53 Å². The first-order valence-electron chi connectivity index (χ1n) is 5.63. The number of para-hydroxylation sites is 1. The number of nitrogens with one attached hydrogen (secondary N) is 1. The summed E-state index contributed by atoms with van der Waals surface area (Å²) in [6.45, 7) is 1.85. The molecule has 0 fully saturated rings. The Morgan fingerprint density at radius 2 is 1.94 bits per heavy atom. The number of rotatable bonds is 3. The number of hydrogen-bond donors (Lipinski definition) is 1. The molecular formula is C14H14N2O2. The Bertz CT molecular complexity index is 553. The average Bonchev–Trinajstić information content (AvgIpc) is 2.39. The zero-order valence-corrected chi connectivity index (χ0v) is 10.3. The number of amides is 1. The maximum absolute atomic E-state index is 11.8. The van der Waals surface area contributed by atoms with Gasteiger partial charge in [0.15, 0.2) is 0 Å². The van der Waals surface area contributed by atoms with Gasteiger partial charge in [0.1, 0.15) is 11.3 Å². The third kappa shape index (κ3) is 2.48. The Kier molecular flexibility index (Phi) is 3.57. The lowest BCUT2D eigenvalue weighted by Gasteiger charge is -2.10. The van der Waals surface area contributed by atoms with Crippen molar-refractivity contribution in [3.05, 3.63) is 53.7 Å². The molecule has 1 heterocycles. The van der Waals surface area contributed by atoms with Gasteiger partial charge in [0.05, 0.1) is 0 Å². The Labute approximate surface area is 106 Å². The van der Waals surface area contributed by atoms with E-state index in [0.29, 0.717) is 17.2 Å². The summed E-state index contributed by atoms with van der Waals surface area (Å²) in [4.78, 5) is 15.9. The van der Waals surface area contributed by atoms with Crippen LogP contribution in [-0.4, -0.2) is 17.9 Å². The van der Waals surface area contributed by atoms with Crippen LogP contribution in [0.5, 0.6) is 11.6 Å². The Hall–Kier alpha value is -2.36. The lowest BCUT2D eigenvalue weighted by Crippen LogP contribution is -2.20. The smallest absolute Gasteiger partial charge is 0.256 e. The van der Waals surface area contributed by atoms with E-state index in [4.69, 9.17) is 4.74 Å². The molecule has 2 rings (SSSR count). The highest BCUT2D eigenvalue weighted by Gasteiger charge is 2.16. The third-order valence-corrected chi connectivity index (χ3v) is 2.54. The number of hydrogen-bond acceptors (Lipinski definition) is 3. The fraction of sp³-hybridized carbons (Fsp3) is 0.143. The van der Waals surface area contributed by atoms with Crippen LogP contribution in [0.3, 0.4) is 0 Å².